The van der Waals surface area contributed by atoms with Gasteiger partial charge in [-0.15, -0.1) is 0 Å². The van der Waals surface area contributed by atoms with E-state index < -0.39 is 34.9 Å². The van der Waals surface area contributed by atoms with Gasteiger partial charge in [0.2, 0.25) is 11.2 Å². The third-order valence-corrected chi connectivity index (χ3v) is 6.70. The van der Waals surface area contributed by atoms with Gasteiger partial charge in [0.1, 0.15) is 5.58 Å². The fourth-order valence-electron chi connectivity index (χ4n) is 4.02. The summed E-state index contributed by atoms with van der Waals surface area (Å²) in [6.45, 7) is 9.31. The molecule has 0 bridgehead atoms. The number of amides is 1. The molecular weight excluding hydrogens is 531 g/mol. The number of para-hydroxylation sites is 1. The molecule has 39 heavy (non-hydrogen) atoms. The second-order valence-electron chi connectivity index (χ2n) is 10.3. The molecule has 0 spiro atoms. The van der Waals surface area contributed by atoms with Crippen LogP contribution in [0.4, 0.5) is 18.9 Å². The van der Waals surface area contributed by atoms with Crippen molar-refractivity contribution in [3.8, 4) is 17.1 Å². The van der Waals surface area contributed by atoms with Gasteiger partial charge in [-0.25, -0.2) is 0 Å². The van der Waals surface area contributed by atoms with Gasteiger partial charge < -0.3 is 14.5 Å². The predicted octanol–water partition coefficient (Wildman–Crippen LogP) is 8.14. The van der Waals surface area contributed by atoms with Crippen molar-refractivity contribution in [2.75, 3.05) is 5.32 Å². The van der Waals surface area contributed by atoms with Crippen LogP contribution in [-0.4, -0.2) is 12.0 Å². The molecule has 0 saturated heterocycles. The first kappa shape index (κ1) is 28.2. The highest BCUT2D eigenvalue weighted by Crippen LogP contribution is 2.36. The van der Waals surface area contributed by atoms with Gasteiger partial charge in [0, 0.05) is 10.6 Å². The summed E-state index contributed by atoms with van der Waals surface area (Å²) in [4.78, 5) is 26.5. The molecule has 1 unspecified atom stereocenters. The number of anilines is 1. The standard InChI is InChI=1S/C30H27ClF3NO4/c1-16-14-24-20(15-22(16)31)25(36)27(26(39-24)18-10-12-19(13-11-18)29(3,4)5)38-17(2)28(37)35-23-9-7-6-8-21(23)30(32,33)34/h6-15,17H,1-5H3,(H,35,37). The molecule has 4 aromatic rings. The molecule has 0 fully saturated rings. The minimum atomic E-state index is -4.67. The SMILES string of the molecule is Cc1cc2oc(-c3ccc(C(C)(C)C)cc3)c(OC(C)C(=O)Nc3ccccc3C(F)(F)F)c(=O)c2cc1Cl. The van der Waals surface area contributed by atoms with Crippen molar-refractivity contribution in [1.82, 2.24) is 0 Å². The van der Waals surface area contributed by atoms with Crippen LogP contribution in [0.25, 0.3) is 22.3 Å². The minimum absolute atomic E-state index is 0.0880. The van der Waals surface area contributed by atoms with Gasteiger partial charge in [-0.05, 0) is 54.7 Å². The first-order chi connectivity index (χ1) is 18.2. The Labute approximate surface area is 228 Å². The zero-order chi connectivity index (χ0) is 28.7. The number of nitrogens with one attached hydrogen (secondary N) is 1. The molecule has 0 aliphatic heterocycles. The molecule has 0 radical (unpaired) electrons. The molecule has 3 aromatic carbocycles. The number of halogens is 4. The summed E-state index contributed by atoms with van der Waals surface area (Å²) in [6, 6.07) is 15.1. The number of alkyl halides is 3. The molecule has 9 heteroatoms. The van der Waals surface area contributed by atoms with Crippen LogP contribution in [0.2, 0.25) is 5.02 Å². The van der Waals surface area contributed by atoms with Crippen molar-refractivity contribution >= 4 is 34.2 Å². The molecule has 4 rings (SSSR count). The highest BCUT2D eigenvalue weighted by molar-refractivity contribution is 6.32. The van der Waals surface area contributed by atoms with Crippen molar-refractivity contribution < 1.29 is 27.1 Å². The van der Waals surface area contributed by atoms with E-state index in [4.69, 9.17) is 20.8 Å². The molecular formula is C30H27ClF3NO4. The van der Waals surface area contributed by atoms with Gasteiger partial charge in [-0.3, -0.25) is 9.59 Å². The monoisotopic (exact) mass is 557 g/mol. The average molecular weight is 558 g/mol. The molecule has 1 amide bonds. The number of hydrogen-bond donors (Lipinski definition) is 1. The highest BCUT2D eigenvalue weighted by atomic mass is 35.5. The number of carbonyl (C=O) groups excluding carboxylic acids is 1. The summed E-state index contributed by atoms with van der Waals surface area (Å²) in [6.07, 6.45) is -6.02. The van der Waals surface area contributed by atoms with E-state index in [2.05, 4.69) is 26.1 Å². The lowest BCUT2D eigenvalue weighted by Crippen LogP contribution is -2.32. The number of hydrogen-bond acceptors (Lipinski definition) is 4. The smallest absolute Gasteiger partial charge is 0.418 e. The van der Waals surface area contributed by atoms with Crippen LogP contribution in [-0.2, 0) is 16.4 Å². The first-order valence-electron chi connectivity index (χ1n) is 12.2. The lowest BCUT2D eigenvalue weighted by Gasteiger charge is -2.20. The molecule has 0 saturated carbocycles. The van der Waals surface area contributed by atoms with E-state index in [1.165, 1.54) is 25.1 Å². The Hall–Kier alpha value is -3.78. The van der Waals surface area contributed by atoms with Crippen LogP contribution in [0.1, 0.15) is 44.4 Å². The maximum absolute atomic E-state index is 13.6. The lowest BCUT2D eigenvalue weighted by atomic mass is 9.86. The highest BCUT2D eigenvalue weighted by Gasteiger charge is 2.34. The van der Waals surface area contributed by atoms with Crippen LogP contribution in [0.3, 0.4) is 0 Å². The second kappa shape index (κ2) is 10.4. The van der Waals surface area contributed by atoms with Crippen molar-refractivity contribution in [1.29, 1.82) is 0 Å². The number of ether oxygens (including phenoxy) is 1. The third-order valence-electron chi connectivity index (χ3n) is 6.30. The molecule has 5 nitrogen and oxygen atoms in total. The molecule has 1 aromatic heterocycles. The summed E-state index contributed by atoms with van der Waals surface area (Å²) in [5.41, 5.74) is 0.455. The zero-order valence-electron chi connectivity index (χ0n) is 22.0. The van der Waals surface area contributed by atoms with Crippen LogP contribution in [0.5, 0.6) is 5.75 Å². The maximum atomic E-state index is 13.6. The molecule has 1 N–H and O–H groups in total. The van der Waals surface area contributed by atoms with E-state index in [-0.39, 0.29) is 27.9 Å². The second-order valence-corrected chi connectivity index (χ2v) is 10.7. The van der Waals surface area contributed by atoms with E-state index >= 15 is 0 Å². The van der Waals surface area contributed by atoms with Gasteiger partial charge in [0.25, 0.3) is 5.91 Å². The summed E-state index contributed by atoms with van der Waals surface area (Å²) in [5, 5.41) is 2.75. The lowest BCUT2D eigenvalue weighted by molar-refractivity contribution is -0.137. The van der Waals surface area contributed by atoms with Crippen LogP contribution >= 0.6 is 11.6 Å². The van der Waals surface area contributed by atoms with E-state index in [0.717, 1.165) is 17.7 Å². The number of carbonyl (C=O) groups is 1. The predicted molar refractivity (Wildman–Crippen MR) is 147 cm³/mol. The normalized spacial score (nSPS) is 12.8. The topological polar surface area (TPSA) is 68.5 Å². The summed E-state index contributed by atoms with van der Waals surface area (Å²) in [5.74, 6) is -1.04. The molecule has 0 aliphatic carbocycles. The largest absolute Gasteiger partial charge is 0.473 e. The van der Waals surface area contributed by atoms with Gasteiger partial charge in [0.15, 0.2) is 11.9 Å². The summed E-state index contributed by atoms with van der Waals surface area (Å²) in [7, 11) is 0. The Kier molecular flexibility index (Phi) is 7.54. The quantitative estimate of drug-likeness (QED) is 0.269. The molecule has 204 valence electrons. The fraction of sp³-hybridized carbons (Fsp3) is 0.267. The summed E-state index contributed by atoms with van der Waals surface area (Å²) >= 11 is 6.25. The third kappa shape index (κ3) is 5.96. The fourth-order valence-corrected chi connectivity index (χ4v) is 4.18. The maximum Gasteiger partial charge on any atom is 0.418 e. The Bertz CT molecular complexity index is 1600. The van der Waals surface area contributed by atoms with Crippen LogP contribution < -0.4 is 15.5 Å². The van der Waals surface area contributed by atoms with Crippen LogP contribution in [0.15, 0.2) is 69.9 Å². The van der Waals surface area contributed by atoms with Crippen LogP contribution in [0, 0.1) is 6.92 Å². The van der Waals surface area contributed by atoms with Crippen molar-refractivity contribution in [2.45, 2.75) is 52.3 Å². The Morgan fingerprint density at radius 3 is 2.28 bits per heavy atom. The van der Waals surface area contributed by atoms with E-state index in [1.54, 1.807) is 25.1 Å². The van der Waals surface area contributed by atoms with Gasteiger partial charge in [0.05, 0.1) is 16.6 Å². The summed E-state index contributed by atoms with van der Waals surface area (Å²) < 4.78 is 52.2. The number of benzene rings is 3. The molecule has 1 heterocycles. The van der Waals surface area contributed by atoms with Gasteiger partial charge in [-0.2, -0.15) is 13.2 Å². The number of rotatable bonds is 5. The Morgan fingerprint density at radius 1 is 1.03 bits per heavy atom. The van der Waals surface area contributed by atoms with E-state index in [1.807, 2.05) is 12.1 Å². The van der Waals surface area contributed by atoms with Crippen molar-refractivity contribution in [2.24, 2.45) is 0 Å². The molecule has 1 atom stereocenters. The van der Waals surface area contributed by atoms with Gasteiger partial charge >= 0.3 is 6.18 Å². The Morgan fingerprint density at radius 2 is 1.67 bits per heavy atom. The molecule has 0 aliphatic rings. The van der Waals surface area contributed by atoms with E-state index in [9.17, 15) is 22.8 Å². The minimum Gasteiger partial charge on any atom is -0.473 e. The van der Waals surface area contributed by atoms with Crippen molar-refractivity contribution in [3.05, 3.63) is 92.6 Å². The van der Waals surface area contributed by atoms with Gasteiger partial charge in [-0.1, -0.05) is 68.8 Å². The number of aryl methyl sites for hydroxylation is 1. The first-order valence-corrected chi connectivity index (χ1v) is 12.6. The average Bonchev–Trinajstić information content (AvgIpc) is 2.86. The number of fused-ring (bicyclic) bond motifs is 1. The van der Waals surface area contributed by atoms with E-state index in [0.29, 0.717) is 16.1 Å². The van der Waals surface area contributed by atoms with Crippen molar-refractivity contribution in [3.63, 3.8) is 0 Å². The zero-order valence-corrected chi connectivity index (χ0v) is 22.8. The Balaban J connectivity index is 1.77.